The predicted octanol–water partition coefficient (Wildman–Crippen LogP) is 3.14. The standard InChI is InChI=1S/C18H17ClN2O3/c19-13-5-3-4-12(10-13)11-24-16-7-2-1-6-14(16)21-18(23)15-8-9-17(22)20-15/h1-7,10,15H,8-9,11H2,(H,20,22)(H,21,23)/t15-/m0/s1. The summed E-state index contributed by atoms with van der Waals surface area (Å²) in [6, 6.07) is 14.1. The summed E-state index contributed by atoms with van der Waals surface area (Å²) in [5.74, 6) is 0.232. The molecule has 1 aliphatic rings. The molecule has 124 valence electrons. The van der Waals surface area contributed by atoms with Gasteiger partial charge in [-0.25, -0.2) is 0 Å². The van der Waals surface area contributed by atoms with E-state index in [0.717, 1.165) is 5.56 Å². The van der Waals surface area contributed by atoms with Crippen LogP contribution in [0.5, 0.6) is 5.75 Å². The van der Waals surface area contributed by atoms with Crippen LogP contribution in [0, 0.1) is 0 Å². The van der Waals surface area contributed by atoms with Crippen molar-refractivity contribution in [3.05, 3.63) is 59.1 Å². The molecule has 0 saturated carbocycles. The van der Waals surface area contributed by atoms with Crippen molar-refractivity contribution in [1.82, 2.24) is 5.32 Å². The van der Waals surface area contributed by atoms with E-state index in [2.05, 4.69) is 10.6 Å². The zero-order valence-corrected chi connectivity index (χ0v) is 13.7. The number of halogens is 1. The van der Waals surface area contributed by atoms with E-state index in [4.69, 9.17) is 16.3 Å². The molecule has 0 radical (unpaired) electrons. The highest BCUT2D eigenvalue weighted by molar-refractivity contribution is 6.30. The molecule has 0 unspecified atom stereocenters. The Morgan fingerprint density at radius 2 is 2.08 bits per heavy atom. The maximum absolute atomic E-state index is 12.2. The van der Waals surface area contributed by atoms with Crippen LogP contribution in [0.25, 0.3) is 0 Å². The van der Waals surface area contributed by atoms with Crippen LogP contribution in [0.4, 0.5) is 5.69 Å². The van der Waals surface area contributed by atoms with Gasteiger partial charge in [0.05, 0.1) is 5.69 Å². The van der Waals surface area contributed by atoms with Crippen LogP contribution in [-0.2, 0) is 16.2 Å². The molecule has 6 heteroatoms. The predicted molar refractivity (Wildman–Crippen MR) is 92.0 cm³/mol. The van der Waals surface area contributed by atoms with E-state index in [9.17, 15) is 9.59 Å². The van der Waals surface area contributed by atoms with Crippen LogP contribution in [0.3, 0.4) is 0 Å². The molecule has 1 aliphatic heterocycles. The Labute approximate surface area is 145 Å². The van der Waals surface area contributed by atoms with Gasteiger partial charge in [0, 0.05) is 11.4 Å². The molecule has 0 bridgehead atoms. The van der Waals surface area contributed by atoms with Gasteiger partial charge < -0.3 is 15.4 Å². The van der Waals surface area contributed by atoms with E-state index in [0.29, 0.717) is 35.9 Å². The minimum atomic E-state index is -0.488. The Morgan fingerprint density at radius 1 is 1.25 bits per heavy atom. The van der Waals surface area contributed by atoms with Crippen LogP contribution in [0.15, 0.2) is 48.5 Å². The summed E-state index contributed by atoms with van der Waals surface area (Å²) in [4.78, 5) is 23.5. The van der Waals surface area contributed by atoms with E-state index in [1.54, 1.807) is 18.2 Å². The number of ether oxygens (including phenoxy) is 1. The summed E-state index contributed by atoms with van der Waals surface area (Å²) >= 11 is 5.96. The van der Waals surface area contributed by atoms with Crippen molar-refractivity contribution in [3.8, 4) is 5.75 Å². The molecule has 1 fully saturated rings. The van der Waals surface area contributed by atoms with Crippen molar-refractivity contribution in [2.24, 2.45) is 0 Å². The number of benzene rings is 2. The number of carbonyl (C=O) groups excluding carboxylic acids is 2. The molecule has 1 saturated heterocycles. The normalized spacial score (nSPS) is 16.5. The Bertz CT molecular complexity index is 763. The summed E-state index contributed by atoms with van der Waals surface area (Å²) in [7, 11) is 0. The summed E-state index contributed by atoms with van der Waals surface area (Å²) in [6.45, 7) is 0.341. The van der Waals surface area contributed by atoms with Crippen LogP contribution >= 0.6 is 11.6 Å². The largest absolute Gasteiger partial charge is 0.487 e. The molecule has 1 heterocycles. The number of rotatable bonds is 5. The summed E-state index contributed by atoms with van der Waals surface area (Å²) < 4.78 is 5.80. The van der Waals surface area contributed by atoms with E-state index >= 15 is 0 Å². The minimum Gasteiger partial charge on any atom is -0.487 e. The first-order valence-corrected chi connectivity index (χ1v) is 8.06. The Morgan fingerprint density at radius 3 is 2.83 bits per heavy atom. The molecular formula is C18H17ClN2O3. The second kappa shape index (κ2) is 7.36. The van der Waals surface area contributed by atoms with Gasteiger partial charge in [-0.15, -0.1) is 0 Å². The Hall–Kier alpha value is -2.53. The Balaban J connectivity index is 1.66. The fourth-order valence-electron chi connectivity index (χ4n) is 2.51. The number of anilines is 1. The first-order chi connectivity index (χ1) is 11.6. The smallest absolute Gasteiger partial charge is 0.247 e. The number of carbonyl (C=O) groups is 2. The van der Waals surface area contributed by atoms with Gasteiger partial charge in [-0.2, -0.15) is 0 Å². The first-order valence-electron chi connectivity index (χ1n) is 7.68. The van der Waals surface area contributed by atoms with Crippen molar-refractivity contribution in [3.63, 3.8) is 0 Å². The SMILES string of the molecule is O=C1CC[C@@H](C(=O)Nc2ccccc2OCc2cccc(Cl)c2)N1. The maximum atomic E-state index is 12.2. The number of hydrogen-bond donors (Lipinski definition) is 2. The van der Waals surface area contributed by atoms with Crippen molar-refractivity contribution in [2.45, 2.75) is 25.5 Å². The van der Waals surface area contributed by atoms with Gasteiger partial charge in [-0.1, -0.05) is 35.9 Å². The fraction of sp³-hybridized carbons (Fsp3) is 0.222. The molecule has 5 nitrogen and oxygen atoms in total. The third-order valence-corrected chi connectivity index (χ3v) is 3.98. The molecular weight excluding hydrogens is 328 g/mol. The highest BCUT2D eigenvalue weighted by Crippen LogP contribution is 2.25. The molecule has 0 aliphatic carbocycles. The third-order valence-electron chi connectivity index (χ3n) is 3.74. The lowest BCUT2D eigenvalue weighted by Gasteiger charge is -2.15. The van der Waals surface area contributed by atoms with Crippen LogP contribution < -0.4 is 15.4 Å². The fourth-order valence-corrected chi connectivity index (χ4v) is 2.73. The van der Waals surface area contributed by atoms with Gasteiger partial charge in [0.25, 0.3) is 0 Å². The summed E-state index contributed by atoms with van der Waals surface area (Å²) in [5, 5.41) is 6.11. The monoisotopic (exact) mass is 344 g/mol. The van der Waals surface area contributed by atoms with E-state index in [1.807, 2.05) is 30.3 Å². The van der Waals surface area contributed by atoms with Crippen LogP contribution in [0.2, 0.25) is 5.02 Å². The summed E-state index contributed by atoms with van der Waals surface area (Å²) in [6.07, 6.45) is 0.890. The van der Waals surface area contributed by atoms with Crippen molar-refractivity contribution >= 4 is 29.1 Å². The van der Waals surface area contributed by atoms with Gasteiger partial charge in [-0.05, 0) is 36.2 Å². The second-order valence-electron chi connectivity index (χ2n) is 5.56. The molecule has 1 atom stereocenters. The molecule has 2 amide bonds. The first kappa shape index (κ1) is 16.3. The van der Waals surface area contributed by atoms with Crippen LogP contribution in [-0.4, -0.2) is 17.9 Å². The average molecular weight is 345 g/mol. The van der Waals surface area contributed by atoms with Gasteiger partial charge >= 0.3 is 0 Å². The van der Waals surface area contributed by atoms with Crippen molar-refractivity contribution in [2.75, 3.05) is 5.32 Å². The molecule has 2 aromatic rings. The lowest BCUT2D eigenvalue weighted by Crippen LogP contribution is -2.37. The second-order valence-corrected chi connectivity index (χ2v) is 6.00. The van der Waals surface area contributed by atoms with Gasteiger partial charge in [-0.3, -0.25) is 9.59 Å². The minimum absolute atomic E-state index is 0.0966. The molecule has 0 aromatic heterocycles. The number of amides is 2. The molecule has 2 aromatic carbocycles. The summed E-state index contributed by atoms with van der Waals surface area (Å²) in [5.41, 5.74) is 1.51. The lowest BCUT2D eigenvalue weighted by atomic mass is 10.2. The van der Waals surface area contributed by atoms with E-state index in [1.165, 1.54) is 0 Å². The third kappa shape index (κ3) is 4.06. The zero-order chi connectivity index (χ0) is 16.9. The van der Waals surface area contributed by atoms with Crippen LogP contribution in [0.1, 0.15) is 18.4 Å². The molecule has 2 N–H and O–H groups in total. The highest BCUT2D eigenvalue weighted by atomic mass is 35.5. The molecule has 24 heavy (non-hydrogen) atoms. The van der Waals surface area contributed by atoms with E-state index < -0.39 is 6.04 Å². The van der Waals surface area contributed by atoms with Crippen molar-refractivity contribution in [1.29, 1.82) is 0 Å². The highest BCUT2D eigenvalue weighted by Gasteiger charge is 2.27. The number of para-hydroxylation sites is 2. The quantitative estimate of drug-likeness (QED) is 0.875. The van der Waals surface area contributed by atoms with Gasteiger partial charge in [0.2, 0.25) is 11.8 Å². The maximum Gasteiger partial charge on any atom is 0.247 e. The number of nitrogens with one attached hydrogen (secondary N) is 2. The average Bonchev–Trinajstić information content (AvgIpc) is 3.01. The van der Waals surface area contributed by atoms with E-state index in [-0.39, 0.29) is 11.8 Å². The van der Waals surface area contributed by atoms with Gasteiger partial charge in [0.1, 0.15) is 18.4 Å². The number of hydrogen-bond acceptors (Lipinski definition) is 3. The van der Waals surface area contributed by atoms with Gasteiger partial charge in [0.15, 0.2) is 0 Å². The van der Waals surface area contributed by atoms with Crippen molar-refractivity contribution < 1.29 is 14.3 Å². The topological polar surface area (TPSA) is 67.4 Å². The lowest BCUT2D eigenvalue weighted by molar-refractivity contribution is -0.122. The Kier molecular flexibility index (Phi) is 5.01. The molecule has 0 spiro atoms. The zero-order valence-electron chi connectivity index (χ0n) is 12.9. The molecule has 3 rings (SSSR count).